The summed E-state index contributed by atoms with van der Waals surface area (Å²) in [5, 5.41) is 2.49. The molecule has 0 N–H and O–H groups in total. The molecule has 0 amide bonds. The predicted molar refractivity (Wildman–Crippen MR) is 200 cm³/mol. The Morgan fingerprint density at radius 2 is 1.16 bits per heavy atom. The number of rotatable bonds is 1. The van der Waals surface area contributed by atoms with Gasteiger partial charge in [0.1, 0.15) is 5.69 Å². The average molecular weight is 629 g/mol. The number of fused-ring (bicyclic) bond motifs is 11. The van der Waals surface area contributed by atoms with Gasteiger partial charge in [-0.2, -0.15) is 0 Å². The number of aromatic nitrogens is 1. The van der Waals surface area contributed by atoms with Crippen LogP contribution in [0.1, 0.15) is 0 Å². The third-order valence-corrected chi connectivity index (χ3v) is 11.2. The molecule has 6 heteroatoms. The molecule has 5 heterocycles. The summed E-state index contributed by atoms with van der Waals surface area (Å²) in [4.78, 5) is 2.46. The second-order valence-electron chi connectivity index (χ2n) is 13.6. The van der Waals surface area contributed by atoms with Crippen LogP contribution in [0.3, 0.4) is 0 Å². The van der Waals surface area contributed by atoms with Gasteiger partial charge in [0, 0.05) is 34.1 Å². The Morgan fingerprint density at radius 3 is 1.98 bits per heavy atom. The molecule has 0 radical (unpaired) electrons. The van der Waals surface area contributed by atoms with Gasteiger partial charge in [-0.05, 0) is 59.5 Å². The molecular weight excluding hydrogens is 601 g/mol. The maximum absolute atomic E-state index is 6.72. The molecule has 1 aromatic heterocycles. The normalized spacial score (nSPS) is 17.0. The Morgan fingerprint density at radius 1 is 0.531 bits per heavy atom. The van der Waals surface area contributed by atoms with E-state index >= 15 is 0 Å². The highest BCUT2D eigenvalue weighted by molar-refractivity contribution is 7.00. The van der Waals surface area contributed by atoms with Crippen molar-refractivity contribution in [3.63, 3.8) is 0 Å². The first-order valence-electron chi connectivity index (χ1n) is 16.8. The van der Waals surface area contributed by atoms with Crippen LogP contribution in [-0.4, -0.2) is 18.3 Å². The Kier molecular flexibility index (Phi) is 4.64. The topological polar surface area (TPSA) is 26.6 Å². The fourth-order valence-electron chi connectivity index (χ4n) is 9.31. The van der Waals surface area contributed by atoms with Gasteiger partial charge in [-0.1, -0.05) is 84.9 Å². The highest BCUT2D eigenvalue weighted by Crippen LogP contribution is 2.59. The van der Waals surface area contributed by atoms with Gasteiger partial charge >= 0.3 is 0 Å². The number of benzene rings is 7. The van der Waals surface area contributed by atoms with Gasteiger partial charge < -0.3 is 18.9 Å². The van der Waals surface area contributed by atoms with E-state index in [2.05, 4.69) is 162 Å². The van der Waals surface area contributed by atoms with E-state index in [4.69, 9.17) is 9.47 Å². The highest BCUT2D eigenvalue weighted by Gasteiger charge is 2.55. The minimum absolute atomic E-state index is 0.00715. The zero-order valence-electron chi connectivity index (χ0n) is 26.6. The lowest BCUT2D eigenvalue weighted by Gasteiger charge is -2.48. The summed E-state index contributed by atoms with van der Waals surface area (Å²) in [5.41, 5.74) is 14.2. The van der Waals surface area contributed by atoms with Crippen LogP contribution in [0.25, 0.3) is 27.5 Å². The summed E-state index contributed by atoms with van der Waals surface area (Å²) in [5.74, 6) is 3.53. The minimum Gasteiger partial charge on any atom is -0.453 e. The highest BCUT2D eigenvalue weighted by atomic mass is 16.5. The van der Waals surface area contributed by atoms with E-state index in [0.29, 0.717) is 4.48 Å². The standard InChI is InChI=1S/C43H27BN3O2/c1-47-35-19-7-9-21-38(35)49-40-23-11-15-30(43(40)47)44-29-14-10-22-39-42(29)46(33-18-6-8-20-37(33)48-39)34-24-26(25-36(47)41(34)44)45-31-16-4-2-12-27(31)28-13-3-5-17-32(28)45/h2-25H,1H3/q+1. The van der Waals surface area contributed by atoms with Gasteiger partial charge in [-0.25, -0.2) is 4.48 Å². The van der Waals surface area contributed by atoms with Crippen molar-refractivity contribution < 1.29 is 9.47 Å². The van der Waals surface area contributed by atoms with E-state index in [-0.39, 0.29) is 6.71 Å². The summed E-state index contributed by atoms with van der Waals surface area (Å²) < 4.78 is 16.3. The smallest absolute Gasteiger partial charge is 0.262 e. The van der Waals surface area contributed by atoms with Crippen LogP contribution in [0.5, 0.6) is 23.0 Å². The zero-order valence-corrected chi connectivity index (χ0v) is 26.6. The summed E-state index contributed by atoms with van der Waals surface area (Å²) in [6, 6.07) is 52.5. The predicted octanol–water partition coefficient (Wildman–Crippen LogP) is 9.21. The molecule has 49 heavy (non-hydrogen) atoms. The Hall–Kier alpha value is -6.24. The molecule has 5 nitrogen and oxygen atoms in total. The molecule has 0 saturated carbocycles. The van der Waals surface area contributed by atoms with Gasteiger partial charge in [0.2, 0.25) is 0 Å². The summed E-state index contributed by atoms with van der Waals surface area (Å²) in [6.45, 7) is -0.00715. The van der Waals surface area contributed by atoms with E-state index in [1.807, 2.05) is 0 Å². The Bertz CT molecular complexity index is 2730. The van der Waals surface area contributed by atoms with Gasteiger partial charge in [-0.15, -0.1) is 0 Å². The zero-order chi connectivity index (χ0) is 32.0. The first-order chi connectivity index (χ1) is 24.2. The van der Waals surface area contributed by atoms with Crippen LogP contribution in [-0.2, 0) is 0 Å². The molecule has 4 aliphatic heterocycles. The van der Waals surface area contributed by atoms with E-state index in [0.717, 1.165) is 45.7 Å². The van der Waals surface area contributed by atoms with Crippen molar-refractivity contribution in [1.29, 1.82) is 0 Å². The molecule has 1 unspecified atom stereocenters. The van der Waals surface area contributed by atoms with Crippen molar-refractivity contribution in [2.75, 3.05) is 11.9 Å². The number of anilines is 3. The lowest BCUT2D eigenvalue weighted by Crippen LogP contribution is -2.65. The number of hydrogen-bond acceptors (Lipinski definition) is 3. The van der Waals surface area contributed by atoms with Crippen molar-refractivity contribution in [1.82, 2.24) is 9.05 Å². The monoisotopic (exact) mass is 628 g/mol. The first kappa shape index (κ1) is 25.8. The maximum Gasteiger partial charge on any atom is 0.262 e. The second kappa shape index (κ2) is 8.81. The lowest BCUT2D eigenvalue weighted by molar-refractivity contribution is 0.430. The van der Waals surface area contributed by atoms with Crippen LogP contribution in [0.15, 0.2) is 146 Å². The van der Waals surface area contributed by atoms with Gasteiger partial charge in [0.05, 0.1) is 35.1 Å². The minimum atomic E-state index is -0.00715. The molecule has 228 valence electrons. The number of nitrogens with zero attached hydrogens (tertiary/aromatic N) is 3. The summed E-state index contributed by atoms with van der Waals surface area (Å²) in [6.07, 6.45) is 0. The molecule has 12 rings (SSSR count). The van der Waals surface area contributed by atoms with E-state index in [9.17, 15) is 0 Å². The third-order valence-electron chi connectivity index (χ3n) is 11.2. The molecule has 1 atom stereocenters. The summed E-state index contributed by atoms with van der Waals surface area (Å²) >= 11 is 0. The van der Waals surface area contributed by atoms with Crippen LogP contribution in [0.4, 0.5) is 34.1 Å². The second-order valence-corrected chi connectivity index (χ2v) is 13.6. The molecule has 0 spiro atoms. The number of para-hydroxylation sites is 8. The van der Waals surface area contributed by atoms with Crippen LogP contribution in [0.2, 0.25) is 0 Å². The van der Waals surface area contributed by atoms with Gasteiger partial charge in [-0.3, -0.25) is 0 Å². The maximum atomic E-state index is 6.72. The SMILES string of the molecule is C[N+]12c3ccccc3Oc3cccc(c31)B1c3cccc4c3N(c3ccccc3O4)c3cc(-n4c5ccccc5c5ccccc54)cc2c31. The fraction of sp³-hybridized carbons (Fsp3) is 0.0233. The van der Waals surface area contributed by atoms with E-state index in [1.54, 1.807) is 0 Å². The fourth-order valence-corrected chi connectivity index (χ4v) is 9.31. The van der Waals surface area contributed by atoms with Crippen molar-refractivity contribution in [3.05, 3.63) is 146 Å². The average Bonchev–Trinajstić information content (AvgIpc) is 3.48. The molecule has 0 bridgehead atoms. The Balaban J connectivity index is 1.29. The van der Waals surface area contributed by atoms with Crippen LogP contribution >= 0.6 is 0 Å². The number of ether oxygens (including phenoxy) is 2. The summed E-state index contributed by atoms with van der Waals surface area (Å²) in [7, 11) is 2.35. The molecule has 4 aliphatic rings. The van der Waals surface area contributed by atoms with Crippen LogP contribution in [0, 0.1) is 0 Å². The van der Waals surface area contributed by atoms with Crippen molar-refractivity contribution in [2.45, 2.75) is 0 Å². The largest absolute Gasteiger partial charge is 0.453 e. The lowest BCUT2D eigenvalue weighted by atomic mass is 9.33. The van der Waals surface area contributed by atoms with Crippen molar-refractivity contribution in [2.24, 2.45) is 0 Å². The quantitative estimate of drug-likeness (QED) is 0.134. The van der Waals surface area contributed by atoms with Crippen LogP contribution < -0.4 is 35.2 Å². The molecule has 8 aromatic rings. The number of quaternary nitrogens is 1. The molecule has 0 aliphatic carbocycles. The van der Waals surface area contributed by atoms with E-state index < -0.39 is 0 Å². The van der Waals surface area contributed by atoms with E-state index in [1.165, 1.54) is 55.3 Å². The van der Waals surface area contributed by atoms with Crippen molar-refractivity contribution in [3.8, 4) is 28.7 Å². The number of hydrogen-bond donors (Lipinski definition) is 0. The molecular formula is C43H27BN3O2+. The van der Waals surface area contributed by atoms with Gasteiger partial charge in [0.25, 0.3) is 6.71 Å². The molecule has 7 aromatic carbocycles. The molecule has 0 fully saturated rings. The van der Waals surface area contributed by atoms with Gasteiger partial charge in [0.15, 0.2) is 34.4 Å². The Labute approximate surface area is 283 Å². The molecule has 0 saturated heterocycles. The third kappa shape index (κ3) is 3.02. The van der Waals surface area contributed by atoms with Crippen molar-refractivity contribution >= 4 is 79.0 Å². The first-order valence-corrected chi connectivity index (χ1v) is 16.8.